The van der Waals surface area contributed by atoms with Gasteiger partial charge in [-0.25, -0.2) is 0 Å². The highest BCUT2D eigenvalue weighted by Gasteiger charge is 2.12. The molecule has 0 saturated carbocycles. The van der Waals surface area contributed by atoms with Gasteiger partial charge in [0.1, 0.15) is 5.60 Å². The lowest BCUT2D eigenvalue weighted by atomic mass is 10.2. The van der Waals surface area contributed by atoms with Crippen molar-refractivity contribution in [2.75, 3.05) is 0 Å². The summed E-state index contributed by atoms with van der Waals surface area (Å²) in [6, 6.07) is 3.66. The molecule has 0 aliphatic carbocycles. The second-order valence-corrected chi connectivity index (χ2v) is 4.67. The Bertz CT molecular complexity index is 322. The van der Waals surface area contributed by atoms with Gasteiger partial charge in [0.15, 0.2) is 5.71 Å². The van der Waals surface area contributed by atoms with E-state index in [1.54, 1.807) is 12.4 Å². The molecule has 4 heteroatoms. The fraction of sp³-hybridized carbons (Fsp3) is 0.400. The monoisotopic (exact) mass is 210 g/mol. The van der Waals surface area contributed by atoms with Crippen LogP contribution in [0.4, 0.5) is 0 Å². The van der Waals surface area contributed by atoms with E-state index in [0.29, 0.717) is 0 Å². The fourth-order valence-corrected chi connectivity index (χ4v) is 1.36. The molecule has 1 aromatic heterocycles. The largest absolute Gasteiger partial charge is 0.389 e. The van der Waals surface area contributed by atoms with Crippen LogP contribution in [0.15, 0.2) is 22.7 Å². The molecule has 0 amide bonds. The molecule has 1 heterocycles. The van der Waals surface area contributed by atoms with E-state index in [2.05, 4.69) is 5.16 Å². The smallest absolute Gasteiger partial charge is 0.258 e. The summed E-state index contributed by atoms with van der Waals surface area (Å²) in [6.45, 7) is 5.61. The summed E-state index contributed by atoms with van der Waals surface area (Å²) in [5.74, 6) is 0. The summed E-state index contributed by atoms with van der Waals surface area (Å²) in [5.41, 5.74) is -0.172. The van der Waals surface area contributed by atoms with Crippen LogP contribution in [0.5, 0.6) is 0 Å². The van der Waals surface area contributed by atoms with Crippen LogP contribution in [0.3, 0.4) is 0 Å². The molecule has 0 aliphatic rings. The first kappa shape index (κ1) is 10.9. The number of thiophene rings is 1. The minimum atomic E-state index is -0.390. The number of hydrogen-bond donors (Lipinski definition) is 0. The molecule has 1 radical (unpaired) electrons. The van der Waals surface area contributed by atoms with E-state index in [4.69, 9.17) is 4.84 Å². The van der Waals surface area contributed by atoms with Crippen molar-refractivity contribution < 1.29 is 9.63 Å². The van der Waals surface area contributed by atoms with Crippen molar-refractivity contribution in [2.24, 2.45) is 5.16 Å². The molecule has 0 saturated heterocycles. The summed E-state index contributed by atoms with van der Waals surface area (Å²) in [7, 11) is 0. The minimum absolute atomic E-state index is 0.218. The lowest BCUT2D eigenvalue weighted by Gasteiger charge is -2.15. The molecular weight excluding hydrogens is 198 g/mol. The van der Waals surface area contributed by atoms with Crippen LogP contribution >= 0.6 is 11.3 Å². The molecule has 0 aromatic carbocycles. The third kappa shape index (κ3) is 3.30. The van der Waals surface area contributed by atoms with E-state index in [1.165, 1.54) is 11.3 Å². The van der Waals surface area contributed by atoms with E-state index < -0.39 is 0 Å². The normalized spacial score (nSPS) is 12.6. The molecule has 0 N–H and O–H groups in total. The zero-order valence-electron chi connectivity index (χ0n) is 8.40. The first-order chi connectivity index (χ1) is 6.53. The standard InChI is InChI=1S/C10H12NO2S/c1-10(2,3)13-11-8(7-12)9-5-4-6-14-9/h4-6H,1-3H3/b11-8-. The molecule has 0 aliphatic heterocycles. The van der Waals surface area contributed by atoms with Gasteiger partial charge in [-0.2, -0.15) is 0 Å². The third-order valence-electron chi connectivity index (χ3n) is 1.26. The van der Waals surface area contributed by atoms with E-state index in [-0.39, 0.29) is 11.3 Å². The van der Waals surface area contributed by atoms with Crippen molar-refractivity contribution in [2.45, 2.75) is 26.4 Å². The van der Waals surface area contributed by atoms with Gasteiger partial charge in [0.25, 0.3) is 6.29 Å². The maximum atomic E-state index is 10.6. The van der Waals surface area contributed by atoms with Crippen LogP contribution in [0, 0.1) is 0 Å². The summed E-state index contributed by atoms with van der Waals surface area (Å²) < 4.78 is 0. The maximum absolute atomic E-state index is 10.6. The number of hydrogen-bond acceptors (Lipinski definition) is 4. The number of oxime groups is 1. The van der Waals surface area contributed by atoms with Crippen LogP contribution in [0.25, 0.3) is 0 Å². The van der Waals surface area contributed by atoms with Crippen LogP contribution in [-0.2, 0) is 9.63 Å². The summed E-state index contributed by atoms with van der Waals surface area (Å²) in [5, 5.41) is 5.63. The minimum Gasteiger partial charge on any atom is -0.389 e. The second-order valence-electron chi connectivity index (χ2n) is 3.72. The molecule has 75 valence electrons. The Morgan fingerprint density at radius 1 is 1.57 bits per heavy atom. The Morgan fingerprint density at radius 2 is 2.29 bits per heavy atom. The van der Waals surface area contributed by atoms with Crippen molar-refractivity contribution in [1.82, 2.24) is 0 Å². The number of nitrogens with zero attached hydrogens (tertiary/aromatic N) is 1. The van der Waals surface area contributed by atoms with E-state index in [0.717, 1.165) is 4.88 Å². The van der Waals surface area contributed by atoms with Crippen LogP contribution in [0.2, 0.25) is 0 Å². The van der Waals surface area contributed by atoms with Gasteiger partial charge in [-0.15, -0.1) is 11.3 Å². The summed E-state index contributed by atoms with van der Waals surface area (Å²) in [4.78, 5) is 16.5. The van der Waals surface area contributed by atoms with Crippen molar-refractivity contribution >= 4 is 23.3 Å². The molecule has 1 rings (SSSR count). The van der Waals surface area contributed by atoms with Crippen molar-refractivity contribution in [3.8, 4) is 0 Å². The van der Waals surface area contributed by atoms with Gasteiger partial charge in [-0.1, -0.05) is 11.2 Å². The molecule has 14 heavy (non-hydrogen) atoms. The summed E-state index contributed by atoms with van der Waals surface area (Å²) in [6.07, 6.45) is 1.76. The predicted molar refractivity (Wildman–Crippen MR) is 57.4 cm³/mol. The van der Waals surface area contributed by atoms with Crippen LogP contribution < -0.4 is 0 Å². The number of carbonyl (C=O) groups excluding carboxylic acids is 1. The zero-order chi connectivity index (χ0) is 10.6. The van der Waals surface area contributed by atoms with Crippen molar-refractivity contribution in [1.29, 1.82) is 0 Å². The predicted octanol–water partition coefficient (Wildman–Crippen LogP) is 2.38. The first-order valence-corrected chi connectivity index (χ1v) is 5.09. The van der Waals surface area contributed by atoms with Crippen molar-refractivity contribution in [3.05, 3.63) is 22.4 Å². The second kappa shape index (κ2) is 4.37. The Hall–Kier alpha value is -1.16. The SMILES string of the molecule is CC(C)(C)O/N=C(/[C]=O)c1cccs1. The fourth-order valence-electron chi connectivity index (χ4n) is 0.710. The molecule has 0 unspecified atom stereocenters. The summed E-state index contributed by atoms with van der Waals surface area (Å²) >= 11 is 1.43. The molecular formula is C10H12NO2S. The molecule has 1 aromatic rings. The zero-order valence-corrected chi connectivity index (χ0v) is 9.22. The Morgan fingerprint density at radius 3 is 2.71 bits per heavy atom. The lowest BCUT2D eigenvalue weighted by Crippen LogP contribution is -2.17. The first-order valence-electron chi connectivity index (χ1n) is 4.21. The van der Waals surface area contributed by atoms with Gasteiger partial charge in [0.05, 0.1) is 4.88 Å². The van der Waals surface area contributed by atoms with Crippen molar-refractivity contribution in [3.63, 3.8) is 0 Å². The number of rotatable bonds is 3. The highest BCUT2D eigenvalue weighted by molar-refractivity contribution is 7.12. The average molecular weight is 210 g/mol. The highest BCUT2D eigenvalue weighted by atomic mass is 32.1. The maximum Gasteiger partial charge on any atom is 0.258 e. The topological polar surface area (TPSA) is 38.7 Å². The molecule has 0 atom stereocenters. The van der Waals surface area contributed by atoms with Crippen LogP contribution in [-0.4, -0.2) is 17.6 Å². The average Bonchev–Trinajstić information content (AvgIpc) is 2.56. The molecule has 0 bridgehead atoms. The Labute approximate surface area is 87.4 Å². The quantitative estimate of drug-likeness (QED) is 0.567. The van der Waals surface area contributed by atoms with E-state index >= 15 is 0 Å². The van der Waals surface area contributed by atoms with Gasteiger partial charge in [0.2, 0.25) is 0 Å². The van der Waals surface area contributed by atoms with Gasteiger partial charge in [0, 0.05) is 0 Å². The van der Waals surface area contributed by atoms with Gasteiger partial charge in [-0.3, -0.25) is 4.79 Å². The Kier molecular flexibility index (Phi) is 3.41. The van der Waals surface area contributed by atoms with Gasteiger partial charge >= 0.3 is 0 Å². The molecule has 0 fully saturated rings. The van der Waals surface area contributed by atoms with E-state index in [1.807, 2.05) is 32.2 Å². The van der Waals surface area contributed by atoms with Crippen LogP contribution in [0.1, 0.15) is 25.6 Å². The van der Waals surface area contributed by atoms with Gasteiger partial charge in [-0.05, 0) is 32.2 Å². The molecule has 0 spiro atoms. The molecule has 3 nitrogen and oxygen atoms in total. The lowest BCUT2D eigenvalue weighted by molar-refractivity contribution is 0.00145. The third-order valence-corrected chi connectivity index (χ3v) is 2.14. The van der Waals surface area contributed by atoms with E-state index in [9.17, 15) is 4.79 Å². The highest BCUT2D eigenvalue weighted by Crippen LogP contribution is 2.12. The van der Waals surface area contributed by atoms with Gasteiger partial charge < -0.3 is 4.84 Å². The Balaban J connectivity index is 2.78.